The number of thiazole rings is 1. The number of aromatic nitrogens is 1. The summed E-state index contributed by atoms with van der Waals surface area (Å²) in [6.45, 7) is 6.45. The molecule has 4 nitrogen and oxygen atoms in total. The molecule has 0 bridgehead atoms. The van der Waals surface area contributed by atoms with Crippen LogP contribution in [0.2, 0.25) is 0 Å². The average Bonchev–Trinajstić information content (AvgIpc) is 2.86. The highest BCUT2D eigenvalue weighted by molar-refractivity contribution is 7.13. The van der Waals surface area contributed by atoms with E-state index in [4.69, 9.17) is 9.84 Å². The summed E-state index contributed by atoms with van der Waals surface area (Å²) in [6, 6.07) is 6.10. The summed E-state index contributed by atoms with van der Waals surface area (Å²) in [7, 11) is 0. The standard InChI is InChI=1S/C16H19NO3S/c1-4-12-15(16(18)19)21-14(17-12)7-8-20-13-9-10(2)5-6-11(13)3/h5-6,9H,4,7-8H2,1-3H3,(H,18,19). The normalized spacial score (nSPS) is 10.6. The zero-order chi connectivity index (χ0) is 15.4. The van der Waals surface area contributed by atoms with Crippen molar-refractivity contribution in [2.24, 2.45) is 0 Å². The fourth-order valence-electron chi connectivity index (χ4n) is 2.03. The second-order valence-electron chi connectivity index (χ2n) is 4.91. The zero-order valence-corrected chi connectivity index (χ0v) is 13.3. The number of rotatable bonds is 6. The summed E-state index contributed by atoms with van der Waals surface area (Å²) in [5.41, 5.74) is 2.92. The van der Waals surface area contributed by atoms with Gasteiger partial charge in [0.05, 0.1) is 17.3 Å². The van der Waals surface area contributed by atoms with Crippen molar-refractivity contribution in [2.45, 2.75) is 33.6 Å². The van der Waals surface area contributed by atoms with Crippen molar-refractivity contribution in [1.29, 1.82) is 0 Å². The predicted molar refractivity (Wildman–Crippen MR) is 83.6 cm³/mol. The Morgan fingerprint density at radius 1 is 1.38 bits per heavy atom. The number of carboxylic acid groups (broad SMARTS) is 1. The van der Waals surface area contributed by atoms with Crippen LogP contribution in [-0.2, 0) is 12.8 Å². The molecule has 0 unspecified atom stereocenters. The van der Waals surface area contributed by atoms with Crippen molar-refractivity contribution in [3.05, 3.63) is 44.9 Å². The van der Waals surface area contributed by atoms with E-state index < -0.39 is 5.97 Å². The third-order valence-electron chi connectivity index (χ3n) is 3.19. The first-order valence-corrected chi connectivity index (χ1v) is 7.74. The fraction of sp³-hybridized carbons (Fsp3) is 0.375. The fourth-order valence-corrected chi connectivity index (χ4v) is 3.00. The minimum atomic E-state index is -0.897. The summed E-state index contributed by atoms with van der Waals surface area (Å²) in [5, 5.41) is 9.93. The van der Waals surface area contributed by atoms with E-state index in [0.717, 1.165) is 21.9 Å². The Balaban J connectivity index is 2.00. The molecule has 1 aromatic heterocycles. The lowest BCUT2D eigenvalue weighted by Crippen LogP contribution is -2.02. The molecule has 5 heteroatoms. The molecule has 0 aliphatic heterocycles. The largest absolute Gasteiger partial charge is 0.493 e. The van der Waals surface area contributed by atoms with Crippen LogP contribution in [0.1, 0.15) is 38.4 Å². The molecule has 0 fully saturated rings. The van der Waals surface area contributed by atoms with Crippen LogP contribution in [0.5, 0.6) is 5.75 Å². The number of carboxylic acids is 1. The van der Waals surface area contributed by atoms with Crippen LogP contribution in [0, 0.1) is 13.8 Å². The van der Waals surface area contributed by atoms with Crippen molar-refractivity contribution in [3.63, 3.8) is 0 Å². The third kappa shape index (κ3) is 3.82. The van der Waals surface area contributed by atoms with Gasteiger partial charge in [-0.3, -0.25) is 0 Å². The quantitative estimate of drug-likeness (QED) is 0.885. The molecule has 0 amide bonds. The molecule has 112 valence electrons. The van der Waals surface area contributed by atoms with Crippen molar-refractivity contribution in [3.8, 4) is 5.75 Å². The van der Waals surface area contributed by atoms with Crippen molar-refractivity contribution < 1.29 is 14.6 Å². The maximum atomic E-state index is 11.1. The van der Waals surface area contributed by atoms with Gasteiger partial charge in [-0.2, -0.15) is 0 Å². The summed E-state index contributed by atoms with van der Waals surface area (Å²) in [5.74, 6) is -0.0215. The average molecular weight is 305 g/mol. The van der Waals surface area contributed by atoms with Crippen molar-refractivity contribution >= 4 is 17.3 Å². The molecule has 0 radical (unpaired) electrons. The first-order valence-electron chi connectivity index (χ1n) is 6.93. The molecule has 0 aliphatic carbocycles. The van der Waals surface area contributed by atoms with Gasteiger partial charge in [-0.05, 0) is 37.5 Å². The van der Waals surface area contributed by atoms with Gasteiger partial charge in [0.1, 0.15) is 10.6 Å². The number of aryl methyl sites for hydroxylation is 3. The van der Waals surface area contributed by atoms with E-state index in [1.165, 1.54) is 11.3 Å². The molecule has 0 spiro atoms. The van der Waals surface area contributed by atoms with Crippen LogP contribution in [0.3, 0.4) is 0 Å². The van der Waals surface area contributed by atoms with E-state index >= 15 is 0 Å². The van der Waals surface area contributed by atoms with Crippen LogP contribution in [0.15, 0.2) is 18.2 Å². The molecular weight excluding hydrogens is 286 g/mol. The molecule has 0 aliphatic rings. The lowest BCUT2D eigenvalue weighted by atomic mass is 10.1. The molecule has 1 N–H and O–H groups in total. The van der Waals surface area contributed by atoms with Gasteiger partial charge in [-0.15, -0.1) is 11.3 Å². The highest BCUT2D eigenvalue weighted by Gasteiger charge is 2.15. The Bertz CT molecular complexity index is 649. The number of hydrogen-bond acceptors (Lipinski definition) is 4. The monoisotopic (exact) mass is 305 g/mol. The van der Waals surface area contributed by atoms with Gasteiger partial charge in [0, 0.05) is 6.42 Å². The summed E-state index contributed by atoms with van der Waals surface area (Å²) >= 11 is 1.24. The van der Waals surface area contributed by atoms with Gasteiger partial charge in [0.2, 0.25) is 0 Å². The Hall–Kier alpha value is -1.88. The van der Waals surface area contributed by atoms with E-state index in [9.17, 15) is 4.79 Å². The maximum Gasteiger partial charge on any atom is 0.347 e. The number of carbonyl (C=O) groups is 1. The van der Waals surface area contributed by atoms with Crippen LogP contribution in [0.25, 0.3) is 0 Å². The van der Waals surface area contributed by atoms with Crippen LogP contribution >= 0.6 is 11.3 Å². The molecule has 21 heavy (non-hydrogen) atoms. The first-order chi connectivity index (χ1) is 10.0. The molecule has 0 atom stereocenters. The molecule has 2 aromatic rings. The summed E-state index contributed by atoms with van der Waals surface area (Å²) < 4.78 is 5.78. The van der Waals surface area contributed by atoms with Gasteiger partial charge >= 0.3 is 5.97 Å². The minimum absolute atomic E-state index is 0.347. The Kier molecular flexibility index (Phi) is 4.96. The Labute approximate surface area is 128 Å². The molecular formula is C16H19NO3S. The predicted octanol–water partition coefficient (Wildman–Crippen LogP) is 3.64. The van der Waals surface area contributed by atoms with Crippen molar-refractivity contribution in [2.75, 3.05) is 6.61 Å². The van der Waals surface area contributed by atoms with E-state index in [0.29, 0.717) is 30.0 Å². The summed E-state index contributed by atoms with van der Waals surface area (Å²) in [4.78, 5) is 15.8. The lowest BCUT2D eigenvalue weighted by Gasteiger charge is -2.08. The second kappa shape index (κ2) is 6.72. The highest BCUT2D eigenvalue weighted by Crippen LogP contribution is 2.22. The number of benzene rings is 1. The molecule has 1 heterocycles. The van der Waals surface area contributed by atoms with Crippen LogP contribution in [-0.4, -0.2) is 22.7 Å². The van der Waals surface area contributed by atoms with Crippen LogP contribution < -0.4 is 4.74 Å². The maximum absolute atomic E-state index is 11.1. The lowest BCUT2D eigenvalue weighted by molar-refractivity contribution is 0.0701. The number of hydrogen-bond donors (Lipinski definition) is 1. The van der Waals surface area contributed by atoms with E-state index in [1.54, 1.807) is 0 Å². The van der Waals surface area contributed by atoms with Gasteiger partial charge < -0.3 is 9.84 Å². The number of ether oxygens (including phenoxy) is 1. The Morgan fingerprint density at radius 3 is 2.76 bits per heavy atom. The van der Waals surface area contributed by atoms with E-state index in [-0.39, 0.29) is 0 Å². The Morgan fingerprint density at radius 2 is 2.14 bits per heavy atom. The molecule has 1 aromatic carbocycles. The topological polar surface area (TPSA) is 59.4 Å². The SMILES string of the molecule is CCc1nc(CCOc2cc(C)ccc2C)sc1C(=O)O. The van der Waals surface area contributed by atoms with E-state index in [1.807, 2.05) is 32.9 Å². The number of aromatic carboxylic acids is 1. The second-order valence-corrected chi connectivity index (χ2v) is 5.99. The highest BCUT2D eigenvalue weighted by atomic mass is 32.1. The van der Waals surface area contributed by atoms with Gasteiger partial charge in [-0.1, -0.05) is 19.1 Å². The first kappa shape index (κ1) is 15.5. The third-order valence-corrected chi connectivity index (χ3v) is 4.33. The molecule has 0 saturated heterocycles. The van der Waals surface area contributed by atoms with Gasteiger partial charge in [0.15, 0.2) is 0 Å². The van der Waals surface area contributed by atoms with Gasteiger partial charge in [-0.25, -0.2) is 9.78 Å². The minimum Gasteiger partial charge on any atom is -0.493 e. The van der Waals surface area contributed by atoms with Crippen molar-refractivity contribution in [1.82, 2.24) is 4.98 Å². The number of nitrogens with zero attached hydrogens (tertiary/aromatic N) is 1. The molecule has 2 rings (SSSR count). The van der Waals surface area contributed by atoms with E-state index in [2.05, 4.69) is 11.1 Å². The zero-order valence-electron chi connectivity index (χ0n) is 12.5. The van der Waals surface area contributed by atoms with Crippen LogP contribution in [0.4, 0.5) is 0 Å². The van der Waals surface area contributed by atoms with Gasteiger partial charge in [0.25, 0.3) is 0 Å². The molecule has 0 saturated carbocycles. The smallest absolute Gasteiger partial charge is 0.347 e. The summed E-state index contributed by atoms with van der Waals surface area (Å²) in [6.07, 6.45) is 1.26.